The van der Waals surface area contributed by atoms with Crippen LogP contribution in [-0.2, 0) is 0 Å². The number of aromatic hydroxyl groups is 2. The van der Waals surface area contributed by atoms with Crippen molar-refractivity contribution in [1.82, 2.24) is 9.71 Å². The normalized spacial score (nSPS) is 10.0. The molecule has 2 heterocycles. The van der Waals surface area contributed by atoms with Crippen molar-refractivity contribution in [2.45, 2.75) is 0 Å². The Hall–Kier alpha value is -2.22. The first kappa shape index (κ1) is 10.3. The predicted octanol–water partition coefficient (Wildman–Crippen LogP) is 0.983. The topological polar surface area (TPSA) is 93.8 Å². The lowest BCUT2D eigenvalue weighted by molar-refractivity contribution is 0.0717. The molecule has 0 aliphatic rings. The fraction of sp³-hybridized carbons (Fsp3) is 0. The highest BCUT2D eigenvalue weighted by Crippen LogP contribution is 2.20. The van der Waals surface area contributed by atoms with E-state index in [1.54, 1.807) is 0 Å². The summed E-state index contributed by atoms with van der Waals surface area (Å²) in [5.41, 5.74) is 1.48. The fourth-order valence-electron chi connectivity index (χ4n) is 0.925. The highest BCUT2D eigenvalue weighted by Gasteiger charge is 2.14. The maximum absolute atomic E-state index is 11.2. The third kappa shape index (κ3) is 2.06. The van der Waals surface area contributed by atoms with Crippen LogP contribution in [0.1, 0.15) is 0 Å². The van der Waals surface area contributed by atoms with E-state index in [1.165, 1.54) is 11.7 Å². The molecular formula is C8H6N2O5S. The Labute approximate surface area is 93.1 Å². The van der Waals surface area contributed by atoms with E-state index in [0.717, 1.165) is 23.5 Å². The molecule has 0 radical (unpaired) electrons. The molecule has 7 nitrogen and oxygen atoms in total. The number of thiazole rings is 1. The van der Waals surface area contributed by atoms with Crippen molar-refractivity contribution in [3.05, 3.63) is 23.8 Å². The highest BCUT2D eigenvalue weighted by atomic mass is 32.1. The monoisotopic (exact) mass is 242 g/mol. The van der Waals surface area contributed by atoms with Crippen LogP contribution in [0, 0.1) is 0 Å². The van der Waals surface area contributed by atoms with Gasteiger partial charge in [0.05, 0.1) is 11.7 Å². The number of hydrogen-bond acceptors (Lipinski definition) is 7. The van der Waals surface area contributed by atoms with Crippen LogP contribution in [-0.4, -0.2) is 26.1 Å². The zero-order valence-corrected chi connectivity index (χ0v) is 8.55. The van der Waals surface area contributed by atoms with Gasteiger partial charge in [-0.25, -0.2) is 9.78 Å². The summed E-state index contributed by atoms with van der Waals surface area (Å²) in [5, 5.41) is 18.6. The maximum atomic E-state index is 11.2. The molecule has 0 aromatic carbocycles. The van der Waals surface area contributed by atoms with Crippen molar-refractivity contribution < 1.29 is 24.6 Å². The van der Waals surface area contributed by atoms with E-state index in [2.05, 4.69) is 14.6 Å². The Morgan fingerprint density at radius 2 is 2.06 bits per heavy atom. The molecule has 0 amide bonds. The summed E-state index contributed by atoms with van der Waals surface area (Å²) >= 11 is 1.10. The molecule has 0 aliphatic heterocycles. The minimum atomic E-state index is -1.09. The molecule has 0 fully saturated rings. The van der Waals surface area contributed by atoms with E-state index in [-0.39, 0.29) is 5.06 Å². The van der Waals surface area contributed by atoms with Gasteiger partial charge < -0.3 is 14.9 Å². The van der Waals surface area contributed by atoms with E-state index in [1.807, 2.05) is 0 Å². The van der Waals surface area contributed by atoms with Gasteiger partial charge in [-0.05, 0) is 0 Å². The Kier molecular flexibility index (Phi) is 2.64. The number of nitrogens with zero attached hydrogens (tertiary/aromatic N) is 2. The fourth-order valence-corrected chi connectivity index (χ4v) is 1.39. The number of carbonyl (C=O) groups excluding carboxylic acids is 1. The molecule has 2 aromatic rings. The molecule has 0 aliphatic carbocycles. The largest absolute Gasteiger partial charge is 0.540 e. The Bertz CT molecular complexity index is 473. The highest BCUT2D eigenvalue weighted by molar-refractivity contribution is 7.11. The van der Waals surface area contributed by atoms with Crippen molar-refractivity contribution in [2.24, 2.45) is 0 Å². The van der Waals surface area contributed by atoms with Crippen LogP contribution in [0.25, 0.3) is 0 Å². The molecule has 16 heavy (non-hydrogen) atoms. The average Bonchev–Trinajstić information content (AvgIpc) is 2.83. The zero-order chi connectivity index (χ0) is 11.5. The Morgan fingerprint density at radius 1 is 1.38 bits per heavy atom. The van der Waals surface area contributed by atoms with Crippen LogP contribution in [0.5, 0.6) is 16.8 Å². The number of hydrogen-bond donors (Lipinski definition) is 2. The minimum absolute atomic E-state index is 0.246. The predicted molar refractivity (Wildman–Crippen MR) is 52.5 cm³/mol. The standard InChI is InChI=1S/C8H6N2O5S/c11-5-1-2-6(12)10(5)15-8(13)14-7-3-9-4-16-7/h1-4,11-12H. The number of carbonyl (C=O) groups is 1. The number of rotatable bonds is 2. The summed E-state index contributed by atoms with van der Waals surface area (Å²) in [6, 6.07) is 2.32. The smallest absolute Gasteiger partial charge is 0.492 e. The van der Waals surface area contributed by atoms with Crippen molar-refractivity contribution in [3.63, 3.8) is 0 Å². The van der Waals surface area contributed by atoms with Crippen molar-refractivity contribution >= 4 is 17.5 Å². The van der Waals surface area contributed by atoms with Crippen molar-refractivity contribution in [1.29, 1.82) is 0 Å². The van der Waals surface area contributed by atoms with Gasteiger partial charge in [0, 0.05) is 12.1 Å². The van der Waals surface area contributed by atoms with E-state index in [0.29, 0.717) is 4.73 Å². The SMILES string of the molecule is O=C(Oc1cncs1)On1c(O)ccc1O. The van der Waals surface area contributed by atoms with Crippen LogP contribution in [0.2, 0.25) is 0 Å². The lowest BCUT2D eigenvalue weighted by atomic mass is 10.6. The maximum Gasteiger partial charge on any atom is 0.540 e. The van der Waals surface area contributed by atoms with Gasteiger partial charge in [0.1, 0.15) is 0 Å². The molecule has 2 aromatic heterocycles. The van der Waals surface area contributed by atoms with Crippen LogP contribution in [0.15, 0.2) is 23.8 Å². The molecule has 0 bridgehead atoms. The molecular weight excluding hydrogens is 236 g/mol. The van der Waals surface area contributed by atoms with Crippen LogP contribution >= 0.6 is 11.3 Å². The molecule has 8 heteroatoms. The van der Waals surface area contributed by atoms with Gasteiger partial charge in [-0.15, -0.1) is 4.73 Å². The van der Waals surface area contributed by atoms with Crippen LogP contribution in [0.4, 0.5) is 4.79 Å². The molecule has 2 rings (SSSR count). The summed E-state index contributed by atoms with van der Waals surface area (Å²) in [6.45, 7) is 0. The zero-order valence-electron chi connectivity index (χ0n) is 7.73. The second kappa shape index (κ2) is 4.11. The first-order valence-electron chi connectivity index (χ1n) is 4.05. The van der Waals surface area contributed by atoms with E-state index in [9.17, 15) is 4.79 Å². The molecule has 2 N–H and O–H groups in total. The van der Waals surface area contributed by atoms with Gasteiger partial charge in [0.25, 0.3) is 0 Å². The summed E-state index contributed by atoms with van der Waals surface area (Å²) in [5.74, 6) is -0.836. The quantitative estimate of drug-likeness (QED) is 0.762. The van der Waals surface area contributed by atoms with Crippen LogP contribution in [0.3, 0.4) is 0 Å². The van der Waals surface area contributed by atoms with E-state index in [4.69, 9.17) is 10.2 Å². The van der Waals surface area contributed by atoms with Gasteiger partial charge >= 0.3 is 6.16 Å². The van der Waals surface area contributed by atoms with Crippen molar-refractivity contribution in [3.8, 4) is 16.8 Å². The number of ether oxygens (including phenoxy) is 1. The molecule has 0 spiro atoms. The lowest BCUT2D eigenvalue weighted by Crippen LogP contribution is -2.22. The van der Waals surface area contributed by atoms with Crippen molar-refractivity contribution in [2.75, 3.05) is 0 Å². The van der Waals surface area contributed by atoms with E-state index < -0.39 is 17.9 Å². The van der Waals surface area contributed by atoms with Crippen LogP contribution < -0.4 is 9.57 Å². The van der Waals surface area contributed by atoms with Gasteiger partial charge in [-0.2, -0.15) is 0 Å². The van der Waals surface area contributed by atoms with Gasteiger partial charge in [0.15, 0.2) is 0 Å². The summed E-state index contributed by atoms with van der Waals surface area (Å²) < 4.78 is 5.22. The lowest BCUT2D eigenvalue weighted by Gasteiger charge is -2.05. The third-order valence-electron chi connectivity index (χ3n) is 1.56. The first-order chi connectivity index (χ1) is 7.66. The van der Waals surface area contributed by atoms with E-state index >= 15 is 0 Å². The molecule has 0 saturated carbocycles. The number of aromatic nitrogens is 2. The second-order valence-corrected chi connectivity index (χ2v) is 3.46. The first-order valence-corrected chi connectivity index (χ1v) is 4.93. The summed E-state index contributed by atoms with van der Waals surface area (Å²) in [6.07, 6.45) is 0.243. The summed E-state index contributed by atoms with van der Waals surface area (Å²) in [4.78, 5) is 19.4. The third-order valence-corrected chi connectivity index (χ3v) is 2.21. The molecule has 0 atom stereocenters. The molecule has 0 saturated heterocycles. The average molecular weight is 242 g/mol. The molecule has 0 unspecified atom stereocenters. The summed E-state index contributed by atoms with van der Waals surface area (Å²) in [7, 11) is 0. The van der Waals surface area contributed by atoms with Gasteiger partial charge in [-0.3, -0.25) is 4.84 Å². The minimum Gasteiger partial charge on any atom is -0.492 e. The Balaban J connectivity index is 2.03. The second-order valence-electron chi connectivity index (χ2n) is 2.61. The van der Waals surface area contributed by atoms with Gasteiger partial charge in [-0.1, -0.05) is 11.3 Å². The Morgan fingerprint density at radius 3 is 2.62 bits per heavy atom. The van der Waals surface area contributed by atoms with Gasteiger partial charge in [0.2, 0.25) is 16.8 Å². The molecule has 84 valence electrons.